The third-order valence-corrected chi connectivity index (χ3v) is 4.65. The average Bonchev–Trinajstić information content (AvgIpc) is 3.04. The summed E-state index contributed by atoms with van der Waals surface area (Å²) in [4.78, 5) is 34.2. The summed E-state index contributed by atoms with van der Waals surface area (Å²) in [6.45, 7) is 2.16. The van der Waals surface area contributed by atoms with Crippen LogP contribution in [0.5, 0.6) is 11.5 Å². The van der Waals surface area contributed by atoms with Crippen LogP contribution in [0.1, 0.15) is 26.2 Å². The van der Waals surface area contributed by atoms with Gasteiger partial charge in [0.25, 0.3) is 0 Å². The maximum atomic E-state index is 11.8. The lowest BCUT2D eigenvalue weighted by Crippen LogP contribution is -2.12. The first kappa shape index (κ1) is 21.2. The highest BCUT2D eigenvalue weighted by molar-refractivity contribution is 5.91. The average molecular weight is 413 g/mol. The number of amides is 1. The molecular weight excluding hydrogens is 390 g/mol. The monoisotopic (exact) mass is 413 g/mol. The van der Waals surface area contributed by atoms with Crippen molar-refractivity contribution in [3.8, 4) is 11.5 Å². The van der Waals surface area contributed by atoms with Gasteiger partial charge in [-0.25, -0.2) is 9.59 Å². The predicted octanol–water partition coefficient (Wildman–Crippen LogP) is 2.63. The first-order valence-corrected chi connectivity index (χ1v) is 9.46. The van der Waals surface area contributed by atoms with Crippen molar-refractivity contribution in [1.82, 2.24) is 0 Å². The van der Waals surface area contributed by atoms with Crippen molar-refractivity contribution in [3.63, 3.8) is 0 Å². The van der Waals surface area contributed by atoms with Gasteiger partial charge in [0.05, 0.1) is 7.11 Å². The smallest absolute Gasteiger partial charge is 0.336 e. The number of hydrogen-bond donors (Lipinski definition) is 1. The van der Waals surface area contributed by atoms with Crippen LogP contribution >= 0.6 is 0 Å². The Balaban J connectivity index is 1.62. The predicted molar refractivity (Wildman–Crippen MR) is 109 cm³/mol. The standard InChI is InChI=1S/C22H23NO7/c1-13(11-16-12-15(22(26)29-16)4-7-18(23)24)9-10-28-17-6-3-14-5-8-19(25)30-20(14)21(17)27-2/h3,5-6,8-9,12,16H,4,7,10-11H2,1-2H3,(H2,23,24)/b13-9+/t16-/m1/s1. The molecule has 30 heavy (non-hydrogen) atoms. The van der Waals surface area contributed by atoms with E-state index in [1.54, 1.807) is 24.3 Å². The molecule has 1 aromatic heterocycles. The summed E-state index contributed by atoms with van der Waals surface area (Å²) in [6.07, 6.45) is 4.14. The lowest BCUT2D eigenvalue weighted by Gasteiger charge is -2.12. The maximum absolute atomic E-state index is 11.8. The number of nitrogens with two attached hydrogens (primary N) is 1. The third kappa shape index (κ3) is 5.08. The lowest BCUT2D eigenvalue weighted by molar-refractivity contribution is -0.139. The highest BCUT2D eigenvalue weighted by Gasteiger charge is 2.25. The minimum absolute atomic E-state index is 0.115. The molecule has 0 fully saturated rings. The summed E-state index contributed by atoms with van der Waals surface area (Å²) < 4.78 is 21.7. The Morgan fingerprint density at radius 1 is 1.23 bits per heavy atom. The van der Waals surface area contributed by atoms with Gasteiger partial charge in [0.2, 0.25) is 11.7 Å². The molecule has 0 saturated heterocycles. The number of cyclic esters (lactones) is 1. The molecule has 0 saturated carbocycles. The zero-order valence-electron chi connectivity index (χ0n) is 16.8. The molecule has 158 valence electrons. The van der Waals surface area contributed by atoms with Crippen LogP contribution in [0.4, 0.5) is 0 Å². The maximum Gasteiger partial charge on any atom is 0.336 e. The van der Waals surface area contributed by atoms with Gasteiger partial charge in [0.15, 0.2) is 11.3 Å². The Hall–Kier alpha value is -3.55. The van der Waals surface area contributed by atoms with Crippen molar-refractivity contribution in [2.75, 3.05) is 13.7 Å². The summed E-state index contributed by atoms with van der Waals surface area (Å²) in [5, 5.41) is 0.729. The molecule has 0 aliphatic carbocycles. The number of ether oxygens (including phenoxy) is 3. The summed E-state index contributed by atoms with van der Waals surface area (Å²) in [5.74, 6) is -0.0659. The highest BCUT2D eigenvalue weighted by Crippen LogP contribution is 2.34. The van der Waals surface area contributed by atoms with Crippen LogP contribution < -0.4 is 20.8 Å². The summed E-state index contributed by atoms with van der Waals surface area (Å²) in [7, 11) is 1.48. The molecule has 0 unspecified atom stereocenters. The number of methoxy groups -OCH3 is 1. The van der Waals surface area contributed by atoms with Crippen molar-refractivity contribution in [1.29, 1.82) is 0 Å². The van der Waals surface area contributed by atoms with Gasteiger partial charge >= 0.3 is 11.6 Å². The van der Waals surface area contributed by atoms with Gasteiger partial charge in [-0.15, -0.1) is 0 Å². The molecule has 1 aliphatic heterocycles. The first-order valence-electron chi connectivity index (χ1n) is 9.46. The van der Waals surface area contributed by atoms with Crippen LogP contribution in [-0.4, -0.2) is 31.7 Å². The molecule has 1 atom stereocenters. The normalized spacial score (nSPS) is 16.3. The van der Waals surface area contributed by atoms with Crippen molar-refractivity contribution >= 4 is 22.8 Å². The highest BCUT2D eigenvalue weighted by atomic mass is 16.5. The molecule has 1 aliphatic rings. The van der Waals surface area contributed by atoms with Gasteiger partial charge in [-0.1, -0.05) is 5.57 Å². The van der Waals surface area contributed by atoms with Crippen molar-refractivity contribution < 1.29 is 28.2 Å². The molecule has 8 nitrogen and oxygen atoms in total. The van der Waals surface area contributed by atoms with Gasteiger partial charge in [-0.3, -0.25) is 4.79 Å². The molecule has 0 radical (unpaired) electrons. The second kappa shape index (κ2) is 9.30. The number of hydrogen-bond acceptors (Lipinski definition) is 7. The largest absolute Gasteiger partial charge is 0.490 e. The zero-order valence-corrected chi connectivity index (χ0v) is 16.8. The van der Waals surface area contributed by atoms with Gasteiger partial charge in [-0.2, -0.15) is 0 Å². The van der Waals surface area contributed by atoms with Crippen LogP contribution in [0.2, 0.25) is 0 Å². The van der Waals surface area contributed by atoms with Crippen molar-refractivity contribution in [2.45, 2.75) is 32.3 Å². The Morgan fingerprint density at radius 3 is 2.73 bits per heavy atom. The third-order valence-electron chi connectivity index (χ3n) is 4.65. The second-order valence-electron chi connectivity index (χ2n) is 6.94. The van der Waals surface area contributed by atoms with Gasteiger partial charge < -0.3 is 24.4 Å². The van der Waals surface area contributed by atoms with Crippen LogP contribution in [0.3, 0.4) is 0 Å². The molecule has 3 rings (SSSR count). The molecule has 2 heterocycles. The van der Waals surface area contributed by atoms with Crippen LogP contribution in [0, 0.1) is 0 Å². The summed E-state index contributed by atoms with van der Waals surface area (Å²) in [6, 6.07) is 6.53. The number of benzene rings is 1. The molecule has 0 bridgehead atoms. The van der Waals surface area contributed by atoms with E-state index >= 15 is 0 Å². The number of primary amides is 1. The Kier molecular flexibility index (Phi) is 6.56. The fourth-order valence-corrected chi connectivity index (χ4v) is 3.15. The van der Waals surface area contributed by atoms with Crippen LogP contribution in [0.25, 0.3) is 11.0 Å². The van der Waals surface area contributed by atoms with E-state index in [0.29, 0.717) is 29.1 Å². The quantitative estimate of drug-likeness (QED) is 0.381. The number of carbonyl (C=O) groups is 2. The lowest BCUT2D eigenvalue weighted by atomic mass is 10.1. The fraction of sp³-hybridized carbons (Fsp3) is 0.318. The van der Waals surface area contributed by atoms with E-state index in [1.165, 1.54) is 13.2 Å². The van der Waals surface area contributed by atoms with Crippen LogP contribution in [0.15, 0.2) is 56.8 Å². The Labute approximate surface area is 172 Å². The van der Waals surface area contributed by atoms with Crippen molar-refractivity contribution in [2.24, 2.45) is 5.73 Å². The fourth-order valence-electron chi connectivity index (χ4n) is 3.15. The van der Waals surface area contributed by atoms with E-state index in [2.05, 4.69) is 0 Å². The molecule has 1 amide bonds. The molecule has 0 spiro atoms. The van der Waals surface area contributed by atoms with E-state index in [9.17, 15) is 14.4 Å². The van der Waals surface area contributed by atoms with E-state index in [0.717, 1.165) is 11.0 Å². The first-order chi connectivity index (χ1) is 14.4. The van der Waals surface area contributed by atoms with E-state index < -0.39 is 17.5 Å². The summed E-state index contributed by atoms with van der Waals surface area (Å²) >= 11 is 0. The number of fused-ring (bicyclic) bond motifs is 1. The zero-order chi connectivity index (χ0) is 21.7. The molecule has 2 N–H and O–H groups in total. The molecule has 2 aromatic rings. The van der Waals surface area contributed by atoms with Crippen molar-refractivity contribution in [3.05, 3.63) is 58.0 Å². The Bertz CT molecular complexity index is 1080. The van der Waals surface area contributed by atoms with Gasteiger partial charge in [0.1, 0.15) is 12.7 Å². The van der Waals surface area contributed by atoms with E-state index in [1.807, 2.05) is 13.0 Å². The summed E-state index contributed by atoms with van der Waals surface area (Å²) in [5.41, 5.74) is 6.42. The SMILES string of the molecule is COc1c(OC/C=C(\C)C[C@@H]2C=C(CCC(N)=O)C(=O)O2)ccc2ccc(=O)oc12. The molecular formula is C22H23NO7. The second-order valence-corrected chi connectivity index (χ2v) is 6.94. The minimum Gasteiger partial charge on any atom is -0.490 e. The number of carbonyl (C=O) groups excluding carboxylic acids is 2. The topological polar surface area (TPSA) is 118 Å². The Morgan fingerprint density at radius 2 is 2.00 bits per heavy atom. The van der Waals surface area contributed by atoms with Gasteiger partial charge in [-0.05, 0) is 43.7 Å². The van der Waals surface area contributed by atoms with E-state index in [4.69, 9.17) is 24.4 Å². The molecule has 8 heteroatoms. The minimum atomic E-state index is -0.469. The van der Waals surface area contributed by atoms with Gasteiger partial charge in [0, 0.05) is 29.9 Å². The number of esters is 1. The van der Waals surface area contributed by atoms with E-state index in [-0.39, 0.29) is 25.6 Å². The van der Waals surface area contributed by atoms with Crippen LogP contribution in [-0.2, 0) is 14.3 Å². The number of rotatable bonds is 9. The molecule has 1 aromatic carbocycles.